The average Bonchev–Trinajstić information content (AvgIpc) is 3.17. The van der Waals surface area contributed by atoms with Crippen molar-refractivity contribution in [2.45, 2.75) is 51.5 Å². The Labute approximate surface area is 183 Å². The number of methoxy groups -OCH3 is 1. The van der Waals surface area contributed by atoms with Gasteiger partial charge in [-0.2, -0.15) is 0 Å². The van der Waals surface area contributed by atoms with E-state index in [1.54, 1.807) is 7.11 Å². The highest BCUT2D eigenvalue weighted by atomic mass is 16.5. The van der Waals surface area contributed by atoms with Crippen LogP contribution in [0.25, 0.3) is 11.0 Å². The van der Waals surface area contributed by atoms with E-state index >= 15 is 0 Å². The van der Waals surface area contributed by atoms with Crippen LogP contribution in [0.15, 0.2) is 30.3 Å². The number of carbonyl (C=O) groups excluding carboxylic acids is 1. The molecular weight excluding hydrogens is 390 g/mol. The number of benzene rings is 1. The van der Waals surface area contributed by atoms with Crippen LogP contribution in [0.4, 0.5) is 5.82 Å². The van der Waals surface area contributed by atoms with E-state index in [9.17, 15) is 4.79 Å². The molecule has 3 N–H and O–H groups in total. The van der Waals surface area contributed by atoms with Gasteiger partial charge in [-0.05, 0) is 56.2 Å². The number of carbonyl (C=O) groups is 1. The van der Waals surface area contributed by atoms with Crippen LogP contribution in [0, 0.1) is 0 Å². The Balaban J connectivity index is 1.48. The second-order valence-electron chi connectivity index (χ2n) is 8.08. The maximum atomic E-state index is 12.2. The van der Waals surface area contributed by atoms with E-state index in [-0.39, 0.29) is 5.91 Å². The van der Waals surface area contributed by atoms with E-state index in [0.29, 0.717) is 24.5 Å². The van der Waals surface area contributed by atoms with Crippen LogP contribution in [-0.2, 0) is 30.5 Å². The summed E-state index contributed by atoms with van der Waals surface area (Å²) in [6.45, 7) is 2.11. The lowest BCUT2D eigenvalue weighted by atomic mass is 9.95. The molecule has 0 saturated carbocycles. The molecule has 1 aliphatic carbocycles. The molecule has 0 spiro atoms. The summed E-state index contributed by atoms with van der Waals surface area (Å²) in [6, 6.07) is 9.32. The number of nitrogens with zero attached hydrogens (tertiary/aromatic N) is 3. The molecule has 0 atom stereocenters. The average molecular weight is 422 g/mol. The van der Waals surface area contributed by atoms with Gasteiger partial charge in [0.05, 0.1) is 12.1 Å². The number of nitrogen functional groups attached to an aromatic ring is 1. The minimum absolute atomic E-state index is 0.0256. The first-order valence-electron chi connectivity index (χ1n) is 11.2. The summed E-state index contributed by atoms with van der Waals surface area (Å²) in [7, 11) is 1.71. The summed E-state index contributed by atoms with van der Waals surface area (Å²) >= 11 is 0. The lowest BCUT2D eigenvalue weighted by Gasteiger charge is -2.18. The first kappa shape index (κ1) is 21.3. The molecule has 0 unspecified atom stereocenters. The van der Waals surface area contributed by atoms with Gasteiger partial charge >= 0.3 is 0 Å². The number of pyridine rings is 1. The topological polar surface area (TPSA) is 95.1 Å². The third-order valence-corrected chi connectivity index (χ3v) is 5.93. The molecule has 1 aromatic carbocycles. The van der Waals surface area contributed by atoms with Crippen LogP contribution < -0.4 is 11.1 Å². The van der Waals surface area contributed by atoms with Gasteiger partial charge in [0, 0.05) is 37.9 Å². The van der Waals surface area contributed by atoms with Crippen molar-refractivity contribution in [3.05, 3.63) is 53.0 Å². The van der Waals surface area contributed by atoms with Crippen LogP contribution in [0.3, 0.4) is 0 Å². The summed E-state index contributed by atoms with van der Waals surface area (Å²) in [6.07, 6.45) is 6.93. The Morgan fingerprint density at radius 1 is 1.16 bits per heavy atom. The van der Waals surface area contributed by atoms with Crippen molar-refractivity contribution < 1.29 is 9.53 Å². The van der Waals surface area contributed by atoms with Crippen molar-refractivity contribution in [3.8, 4) is 0 Å². The Morgan fingerprint density at radius 2 is 1.97 bits per heavy atom. The van der Waals surface area contributed by atoms with E-state index in [4.69, 9.17) is 15.5 Å². The number of nitrogens with one attached hydrogen (secondary N) is 1. The van der Waals surface area contributed by atoms with Gasteiger partial charge < -0.3 is 20.4 Å². The molecule has 31 heavy (non-hydrogen) atoms. The minimum Gasteiger partial charge on any atom is -0.384 e. The summed E-state index contributed by atoms with van der Waals surface area (Å²) < 4.78 is 7.62. The van der Waals surface area contributed by atoms with E-state index in [2.05, 4.69) is 14.9 Å². The molecule has 0 bridgehead atoms. The standard InChI is InChI=1S/C24H31N5O2/c1-31-16-13-20-28-21-22(18-11-5-6-12-19(18)27-23(21)25)29(20)15-8-7-14-26-24(30)17-9-3-2-4-10-17/h2-4,9-10H,5-8,11-16H2,1H3,(H2,25,27)(H,26,30). The fourth-order valence-corrected chi connectivity index (χ4v) is 4.36. The number of rotatable bonds is 9. The summed E-state index contributed by atoms with van der Waals surface area (Å²) in [5.74, 6) is 1.50. The van der Waals surface area contributed by atoms with Crippen molar-refractivity contribution in [2.75, 3.05) is 26.0 Å². The molecule has 164 valence electrons. The van der Waals surface area contributed by atoms with Crippen LogP contribution in [0.2, 0.25) is 0 Å². The van der Waals surface area contributed by atoms with Gasteiger partial charge in [0.1, 0.15) is 11.3 Å². The van der Waals surface area contributed by atoms with Gasteiger partial charge in [0.2, 0.25) is 0 Å². The van der Waals surface area contributed by atoms with Gasteiger partial charge in [-0.1, -0.05) is 18.2 Å². The van der Waals surface area contributed by atoms with Crippen molar-refractivity contribution >= 4 is 22.8 Å². The lowest BCUT2D eigenvalue weighted by Crippen LogP contribution is -2.24. The zero-order chi connectivity index (χ0) is 21.6. The second-order valence-corrected chi connectivity index (χ2v) is 8.08. The highest BCUT2D eigenvalue weighted by Gasteiger charge is 2.22. The van der Waals surface area contributed by atoms with Gasteiger partial charge in [0.15, 0.2) is 5.82 Å². The Bertz CT molecular complexity index is 1050. The second kappa shape index (κ2) is 9.92. The van der Waals surface area contributed by atoms with Crippen molar-refractivity contribution in [1.82, 2.24) is 19.9 Å². The van der Waals surface area contributed by atoms with Crippen molar-refractivity contribution in [3.63, 3.8) is 0 Å². The Hall–Kier alpha value is -2.93. The normalized spacial score (nSPS) is 13.3. The van der Waals surface area contributed by atoms with Crippen molar-refractivity contribution in [1.29, 1.82) is 0 Å². The molecule has 0 saturated heterocycles. The lowest BCUT2D eigenvalue weighted by molar-refractivity contribution is 0.0953. The molecule has 7 nitrogen and oxygen atoms in total. The zero-order valence-corrected chi connectivity index (χ0v) is 18.2. The van der Waals surface area contributed by atoms with Crippen LogP contribution in [-0.4, -0.2) is 40.7 Å². The first-order valence-corrected chi connectivity index (χ1v) is 11.2. The van der Waals surface area contributed by atoms with Crippen LogP contribution >= 0.6 is 0 Å². The minimum atomic E-state index is -0.0256. The number of aromatic nitrogens is 3. The number of unbranched alkanes of at least 4 members (excludes halogenated alkanes) is 1. The summed E-state index contributed by atoms with van der Waals surface area (Å²) in [5, 5.41) is 3.01. The number of imidazole rings is 1. The summed E-state index contributed by atoms with van der Waals surface area (Å²) in [5.41, 5.74) is 11.4. The quantitative estimate of drug-likeness (QED) is 0.517. The highest BCUT2D eigenvalue weighted by molar-refractivity contribution is 5.94. The number of aryl methyl sites for hydroxylation is 3. The molecule has 7 heteroatoms. The third-order valence-electron chi connectivity index (χ3n) is 5.93. The monoisotopic (exact) mass is 421 g/mol. The smallest absolute Gasteiger partial charge is 0.251 e. The molecule has 2 aromatic heterocycles. The number of ether oxygens (including phenoxy) is 1. The predicted octanol–water partition coefficient (Wildman–Crippen LogP) is 3.29. The number of amides is 1. The van der Waals surface area contributed by atoms with Gasteiger partial charge in [-0.25, -0.2) is 9.97 Å². The van der Waals surface area contributed by atoms with E-state index in [0.717, 1.165) is 67.6 Å². The molecule has 0 aliphatic heterocycles. The molecule has 3 aromatic rings. The van der Waals surface area contributed by atoms with E-state index in [1.807, 2.05) is 30.3 Å². The number of anilines is 1. The number of hydrogen-bond acceptors (Lipinski definition) is 5. The highest BCUT2D eigenvalue weighted by Crippen LogP contribution is 2.31. The number of nitrogens with two attached hydrogens (primary N) is 1. The summed E-state index contributed by atoms with van der Waals surface area (Å²) in [4.78, 5) is 21.7. The molecule has 4 rings (SSSR count). The van der Waals surface area contributed by atoms with Gasteiger partial charge in [0.25, 0.3) is 5.91 Å². The maximum absolute atomic E-state index is 12.2. The predicted molar refractivity (Wildman–Crippen MR) is 122 cm³/mol. The Morgan fingerprint density at radius 3 is 2.77 bits per heavy atom. The third kappa shape index (κ3) is 4.71. The van der Waals surface area contributed by atoms with Gasteiger partial charge in [-0.3, -0.25) is 4.79 Å². The van der Waals surface area contributed by atoms with E-state index < -0.39 is 0 Å². The SMILES string of the molecule is COCCc1nc2c(N)nc3c(c2n1CCCCNC(=O)c1ccccc1)CCCC3. The molecule has 1 aliphatic rings. The zero-order valence-electron chi connectivity index (χ0n) is 18.2. The first-order chi connectivity index (χ1) is 15.2. The molecule has 0 fully saturated rings. The molecular formula is C24H31N5O2. The van der Waals surface area contributed by atoms with Crippen molar-refractivity contribution in [2.24, 2.45) is 0 Å². The fourth-order valence-electron chi connectivity index (χ4n) is 4.36. The molecule has 1 amide bonds. The number of fused-ring (bicyclic) bond motifs is 3. The van der Waals surface area contributed by atoms with Crippen LogP contribution in [0.1, 0.15) is 53.1 Å². The fraction of sp³-hybridized carbons (Fsp3) is 0.458. The van der Waals surface area contributed by atoms with E-state index in [1.165, 1.54) is 12.0 Å². The number of hydrogen-bond donors (Lipinski definition) is 2. The maximum Gasteiger partial charge on any atom is 0.251 e. The molecule has 2 heterocycles. The molecule has 0 radical (unpaired) electrons. The Kier molecular flexibility index (Phi) is 6.82. The van der Waals surface area contributed by atoms with Gasteiger partial charge in [-0.15, -0.1) is 0 Å². The van der Waals surface area contributed by atoms with Crippen LogP contribution in [0.5, 0.6) is 0 Å². The largest absolute Gasteiger partial charge is 0.384 e.